The smallest absolute Gasteiger partial charge is 0.230 e. The van der Waals surface area contributed by atoms with Gasteiger partial charge < -0.3 is 5.32 Å². The number of carbonyl (C=O) groups excluding carboxylic acids is 1. The van der Waals surface area contributed by atoms with Gasteiger partial charge in [-0.15, -0.1) is 16.4 Å². The molecule has 1 N–H and O–H groups in total. The summed E-state index contributed by atoms with van der Waals surface area (Å²) in [4.78, 5) is 16.8. The van der Waals surface area contributed by atoms with Crippen molar-refractivity contribution in [3.05, 3.63) is 70.0 Å². The molecule has 0 saturated heterocycles. The van der Waals surface area contributed by atoms with E-state index in [9.17, 15) is 4.79 Å². The first kappa shape index (κ1) is 17.8. The fraction of sp³-hybridized carbons (Fsp3) is 0.0526. The van der Waals surface area contributed by atoms with Gasteiger partial charge in [-0.05, 0) is 29.7 Å². The Hall–Kier alpha value is -2.61. The van der Waals surface area contributed by atoms with Crippen LogP contribution in [0.3, 0.4) is 0 Å². The maximum atomic E-state index is 12.3. The molecule has 5 nitrogen and oxygen atoms in total. The third-order valence-electron chi connectivity index (χ3n) is 3.82. The highest BCUT2D eigenvalue weighted by atomic mass is 35.5. The number of aromatic nitrogens is 3. The lowest BCUT2D eigenvalue weighted by Crippen LogP contribution is -2.14. The molecule has 0 aliphatic heterocycles. The summed E-state index contributed by atoms with van der Waals surface area (Å²) in [5.74, 6) is -0.117. The number of thiazole rings is 1. The van der Waals surface area contributed by atoms with Crippen LogP contribution >= 0.6 is 34.5 Å². The molecule has 0 aliphatic rings. The Labute approximate surface area is 168 Å². The van der Waals surface area contributed by atoms with E-state index in [0.29, 0.717) is 5.02 Å². The Kier molecular flexibility index (Phi) is 5.24. The van der Waals surface area contributed by atoms with Crippen LogP contribution in [0.4, 0.5) is 5.69 Å². The van der Waals surface area contributed by atoms with Crippen molar-refractivity contribution in [2.24, 2.45) is 0 Å². The molecule has 0 radical (unpaired) electrons. The van der Waals surface area contributed by atoms with Crippen molar-refractivity contribution in [3.63, 3.8) is 0 Å². The maximum Gasteiger partial charge on any atom is 0.230 e. The summed E-state index contributed by atoms with van der Waals surface area (Å²) < 4.78 is 3.85. The van der Waals surface area contributed by atoms with Crippen molar-refractivity contribution in [2.45, 2.75) is 6.42 Å². The molecule has 0 aliphatic carbocycles. The highest BCUT2D eigenvalue weighted by Gasteiger charge is 2.11. The molecule has 8 heteroatoms. The number of carbonyl (C=O) groups is 1. The van der Waals surface area contributed by atoms with E-state index < -0.39 is 0 Å². The third kappa shape index (κ3) is 4.21. The molecule has 134 valence electrons. The number of nitrogens with zero attached hydrogens (tertiary/aromatic N) is 3. The minimum Gasteiger partial charge on any atom is -0.326 e. The van der Waals surface area contributed by atoms with Crippen LogP contribution < -0.4 is 5.32 Å². The summed E-state index contributed by atoms with van der Waals surface area (Å²) in [5.41, 5.74) is 4.12. The standard InChI is InChI=1S/C19H13ClN4OS2/c20-16-4-2-1-3-15(16)19-22-14(10-26-19)9-18(25)21-13-7-5-12(6-8-13)17-11-27-24-23-17/h1-8,10-11H,9H2,(H,21,25). The zero-order valence-corrected chi connectivity index (χ0v) is 16.3. The maximum absolute atomic E-state index is 12.3. The zero-order chi connectivity index (χ0) is 18.6. The van der Waals surface area contributed by atoms with Crippen molar-refractivity contribution in [1.82, 2.24) is 14.6 Å². The Morgan fingerprint density at radius 1 is 1.07 bits per heavy atom. The minimum absolute atomic E-state index is 0.117. The molecule has 4 rings (SSSR count). The monoisotopic (exact) mass is 412 g/mol. The van der Waals surface area contributed by atoms with E-state index in [1.54, 1.807) is 0 Å². The number of rotatable bonds is 5. The van der Waals surface area contributed by atoms with Crippen LogP contribution in [0.1, 0.15) is 5.69 Å². The SMILES string of the molecule is O=C(Cc1csc(-c2ccccc2Cl)n1)Nc1ccc(-c2csnn2)cc1. The third-order valence-corrected chi connectivity index (χ3v) is 5.58. The van der Waals surface area contributed by atoms with Gasteiger partial charge >= 0.3 is 0 Å². The molecule has 2 heterocycles. The summed E-state index contributed by atoms with van der Waals surface area (Å²) in [6, 6.07) is 15.1. The predicted molar refractivity (Wildman–Crippen MR) is 110 cm³/mol. The molecule has 2 aromatic heterocycles. The van der Waals surface area contributed by atoms with E-state index in [1.807, 2.05) is 59.3 Å². The fourth-order valence-corrected chi connectivity index (χ4v) is 4.14. The van der Waals surface area contributed by atoms with Crippen molar-refractivity contribution in [3.8, 4) is 21.8 Å². The van der Waals surface area contributed by atoms with Gasteiger partial charge in [0.1, 0.15) is 10.7 Å². The van der Waals surface area contributed by atoms with Gasteiger partial charge in [-0.25, -0.2) is 4.98 Å². The summed E-state index contributed by atoms with van der Waals surface area (Å²) in [5, 5.41) is 12.1. The first-order valence-electron chi connectivity index (χ1n) is 8.06. The van der Waals surface area contributed by atoms with Gasteiger partial charge in [-0.3, -0.25) is 4.79 Å². The molecule has 0 unspecified atom stereocenters. The second-order valence-electron chi connectivity index (χ2n) is 5.72. The molecular formula is C19H13ClN4OS2. The molecule has 2 aromatic carbocycles. The Morgan fingerprint density at radius 3 is 2.63 bits per heavy atom. The second kappa shape index (κ2) is 7.96. The summed E-state index contributed by atoms with van der Waals surface area (Å²) in [6.45, 7) is 0. The lowest BCUT2D eigenvalue weighted by molar-refractivity contribution is -0.115. The van der Waals surface area contributed by atoms with E-state index in [2.05, 4.69) is 19.9 Å². The van der Waals surface area contributed by atoms with Crippen LogP contribution in [0.2, 0.25) is 5.02 Å². The van der Waals surface area contributed by atoms with E-state index in [0.717, 1.165) is 33.2 Å². The molecule has 27 heavy (non-hydrogen) atoms. The van der Waals surface area contributed by atoms with Gasteiger partial charge in [0.25, 0.3) is 0 Å². The molecule has 0 bridgehead atoms. The lowest BCUT2D eigenvalue weighted by Gasteiger charge is -2.05. The van der Waals surface area contributed by atoms with Gasteiger partial charge in [0.2, 0.25) is 5.91 Å². The zero-order valence-electron chi connectivity index (χ0n) is 13.9. The van der Waals surface area contributed by atoms with E-state index in [4.69, 9.17) is 11.6 Å². The van der Waals surface area contributed by atoms with E-state index >= 15 is 0 Å². The molecule has 1 amide bonds. The Bertz CT molecular complexity index is 1060. The van der Waals surface area contributed by atoms with Crippen LogP contribution in [0.25, 0.3) is 21.8 Å². The summed E-state index contributed by atoms with van der Waals surface area (Å²) in [6.07, 6.45) is 0.207. The quantitative estimate of drug-likeness (QED) is 0.491. The number of nitrogens with one attached hydrogen (secondary N) is 1. The molecule has 0 spiro atoms. The average molecular weight is 413 g/mol. The van der Waals surface area contributed by atoms with Crippen LogP contribution in [-0.2, 0) is 11.2 Å². The summed E-state index contributed by atoms with van der Waals surface area (Å²) in [7, 11) is 0. The number of anilines is 1. The van der Waals surface area contributed by atoms with Crippen molar-refractivity contribution < 1.29 is 4.79 Å². The number of halogens is 1. The van der Waals surface area contributed by atoms with Crippen molar-refractivity contribution in [2.75, 3.05) is 5.32 Å². The number of hydrogen-bond acceptors (Lipinski definition) is 6. The van der Waals surface area contributed by atoms with Crippen LogP contribution in [0.5, 0.6) is 0 Å². The van der Waals surface area contributed by atoms with Crippen molar-refractivity contribution >= 4 is 46.1 Å². The van der Waals surface area contributed by atoms with Gasteiger partial charge in [0.15, 0.2) is 0 Å². The average Bonchev–Trinajstić information content (AvgIpc) is 3.35. The van der Waals surface area contributed by atoms with Crippen LogP contribution in [-0.4, -0.2) is 20.5 Å². The van der Waals surface area contributed by atoms with Gasteiger partial charge in [-0.2, -0.15) is 0 Å². The predicted octanol–water partition coefficient (Wildman–Crippen LogP) is 5.16. The highest BCUT2D eigenvalue weighted by molar-refractivity contribution is 7.13. The molecule has 0 fully saturated rings. The number of benzene rings is 2. The minimum atomic E-state index is -0.117. The van der Waals surface area contributed by atoms with Gasteiger partial charge in [0, 0.05) is 27.6 Å². The Balaban J connectivity index is 1.41. The van der Waals surface area contributed by atoms with Gasteiger partial charge in [-0.1, -0.05) is 46.4 Å². The van der Waals surface area contributed by atoms with E-state index in [1.165, 1.54) is 22.9 Å². The van der Waals surface area contributed by atoms with Crippen LogP contribution in [0, 0.1) is 0 Å². The Morgan fingerprint density at radius 2 is 1.89 bits per heavy atom. The summed E-state index contributed by atoms with van der Waals surface area (Å²) >= 11 is 9.00. The normalized spacial score (nSPS) is 10.7. The molecular weight excluding hydrogens is 400 g/mol. The molecule has 0 atom stereocenters. The molecule has 4 aromatic rings. The number of amides is 1. The second-order valence-corrected chi connectivity index (χ2v) is 7.59. The first-order valence-corrected chi connectivity index (χ1v) is 10.1. The number of hydrogen-bond donors (Lipinski definition) is 1. The van der Waals surface area contributed by atoms with Crippen molar-refractivity contribution in [1.29, 1.82) is 0 Å². The topological polar surface area (TPSA) is 67.8 Å². The van der Waals surface area contributed by atoms with Gasteiger partial charge in [0.05, 0.1) is 17.1 Å². The molecule has 0 saturated carbocycles. The lowest BCUT2D eigenvalue weighted by atomic mass is 10.1. The highest BCUT2D eigenvalue weighted by Crippen LogP contribution is 2.30. The van der Waals surface area contributed by atoms with E-state index in [-0.39, 0.29) is 12.3 Å². The first-order chi connectivity index (χ1) is 13.2. The van der Waals surface area contributed by atoms with Crippen LogP contribution in [0.15, 0.2) is 59.3 Å². The largest absolute Gasteiger partial charge is 0.326 e. The fourth-order valence-electron chi connectivity index (χ4n) is 2.53.